The lowest BCUT2D eigenvalue weighted by atomic mass is 10.1. The minimum Gasteiger partial charge on any atom is -0.369 e. The highest BCUT2D eigenvalue weighted by atomic mass is 35.5. The van der Waals surface area contributed by atoms with Crippen molar-refractivity contribution < 1.29 is 8.42 Å². The molecule has 1 aromatic carbocycles. The Morgan fingerprint density at radius 3 is 2.47 bits per heavy atom. The van der Waals surface area contributed by atoms with E-state index in [0.717, 1.165) is 11.3 Å². The molecule has 1 aliphatic heterocycles. The van der Waals surface area contributed by atoms with Crippen LogP contribution in [-0.4, -0.2) is 40.1 Å². The number of nitrogens with zero attached hydrogens (tertiary/aromatic N) is 1. The van der Waals surface area contributed by atoms with E-state index in [9.17, 15) is 8.42 Å². The summed E-state index contributed by atoms with van der Waals surface area (Å²) >= 11 is 6.29. The zero-order valence-electron chi connectivity index (χ0n) is 11.2. The maximum Gasteiger partial charge on any atom is 0.153 e. The largest absolute Gasteiger partial charge is 0.369 e. The molecule has 2 rings (SSSR count). The van der Waals surface area contributed by atoms with Crippen molar-refractivity contribution in [2.45, 2.75) is 13.0 Å². The van der Waals surface area contributed by atoms with Crippen LogP contribution in [-0.2, 0) is 9.84 Å². The zero-order valence-corrected chi connectivity index (χ0v) is 12.8. The van der Waals surface area contributed by atoms with Gasteiger partial charge in [-0.3, -0.25) is 0 Å². The fraction of sp³-hybridized carbons (Fsp3) is 0.538. The molecule has 6 heteroatoms. The van der Waals surface area contributed by atoms with Crippen LogP contribution in [0.25, 0.3) is 0 Å². The first kappa shape index (κ1) is 14.6. The lowest BCUT2D eigenvalue weighted by Crippen LogP contribution is -2.40. The molecule has 1 saturated heterocycles. The first-order chi connectivity index (χ1) is 8.93. The van der Waals surface area contributed by atoms with Crippen LogP contribution < -0.4 is 10.2 Å². The van der Waals surface area contributed by atoms with Crippen molar-refractivity contribution in [2.75, 3.05) is 36.5 Å². The Balaban J connectivity index is 2.17. The van der Waals surface area contributed by atoms with Crippen LogP contribution in [0.1, 0.15) is 18.5 Å². The minimum atomic E-state index is -2.84. The van der Waals surface area contributed by atoms with Crippen molar-refractivity contribution in [1.29, 1.82) is 0 Å². The van der Waals surface area contributed by atoms with E-state index in [2.05, 4.69) is 10.2 Å². The first-order valence-electron chi connectivity index (χ1n) is 6.35. The molecule has 1 atom stereocenters. The Kier molecular flexibility index (Phi) is 4.38. The average molecular weight is 303 g/mol. The molecular formula is C13H19ClN2O2S. The molecule has 106 valence electrons. The summed E-state index contributed by atoms with van der Waals surface area (Å²) in [5.74, 6) is 0.443. The molecule has 4 nitrogen and oxygen atoms in total. The highest BCUT2D eigenvalue weighted by Gasteiger charge is 2.22. The van der Waals surface area contributed by atoms with E-state index < -0.39 is 9.84 Å². The quantitative estimate of drug-likeness (QED) is 0.926. The van der Waals surface area contributed by atoms with E-state index in [-0.39, 0.29) is 17.5 Å². The number of sulfone groups is 1. The molecule has 1 fully saturated rings. The van der Waals surface area contributed by atoms with Gasteiger partial charge in [0, 0.05) is 29.8 Å². The summed E-state index contributed by atoms with van der Waals surface area (Å²) in [7, 11) is -0.951. The van der Waals surface area contributed by atoms with Crippen LogP contribution in [0.2, 0.25) is 5.02 Å². The molecule has 1 heterocycles. The van der Waals surface area contributed by atoms with Gasteiger partial charge in [0.15, 0.2) is 9.84 Å². The smallest absolute Gasteiger partial charge is 0.153 e. The van der Waals surface area contributed by atoms with Gasteiger partial charge in [-0.15, -0.1) is 0 Å². The summed E-state index contributed by atoms with van der Waals surface area (Å²) in [6.45, 7) is 3.13. The third-order valence-corrected chi connectivity index (χ3v) is 5.53. The van der Waals surface area contributed by atoms with Crippen LogP contribution in [0, 0.1) is 0 Å². The summed E-state index contributed by atoms with van der Waals surface area (Å²) in [4.78, 5) is 2.07. The second-order valence-electron chi connectivity index (χ2n) is 4.86. The Bertz CT molecular complexity index is 546. The Hall–Kier alpha value is -0.780. The highest BCUT2D eigenvalue weighted by Crippen LogP contribution is 2.28. The molecule has 0 saturated carbocycles. The summed E-state index contributed by atoms with van der Waals surface area (Å²) in [6, 6.07) is 6.13. The summed E-state index contributed by atoms with van der Waals surface area (Å²) < 4.78 is 22.8. The number of nitrogens with one attached hydrogen (secondary N) is 1. The molecule has 0 spiro atoms. The molecule has 1 N–H and O–H groups in total. The number of anilines is 1. The second kappa shape index (κ2) is 5.69. The van der Waals surface area contributed by atoms with Gasteiger partial charge in [0.1, 0.15) is 0 Å². The minimum absolute atomic E-state index is 0.197. The van der Waals surface area contributed by atoms with E-state index in [0.29, 0.717) is 18.1 Å². The monoisotopic (exact) mass is 302 g/mol. The summed E-state index contributed by atoms with van der Waals surface area (Å²) in [5.41, 5.74) is 2.05. The van der Waals surface area contributed by atoms with Gasteiger partial charge in [-0.25, -0.2) is 8.42 Å². The maximum absolute atomic E-state index is 11.4. The highest BCUT2D eigenvalue weighted by molar-refractivity contribution is 7.91. The van der Waals surface area contributed by atoms with Crippen LogP contribution in [0.5, 0.6) is 0 Å². The van der Waals surface area contributed by atoms with Crippen molar-refractivity contribution in [3.63, 3.8) is 0 Å². The lowest BCUT2D eigenvalue weighted by molar-refractivity contribution is 0.587. The van der Waals surface area contributed by atoms with Gasteiger partial charge >= 0.3 is 0 Å². The first-order valence-corrected chi connectivity index (χ1v) is 8.55. The number of hydrogen-bond donors (Lipinski definition) is 1. The van der Waals surface area contributed by atoms with E-state index in [1.165, 1.54) is 0 Å². The third kappa shape index (κ3) is 3.41. The van der Waals surface area contributed by atoms with E-state index in [1.807, 2.05) is 32.2 Å². The van der Waals surface area contributed by atoms with Gasteiger partial charge in [-0.05, 0) is 31.7 Å². The normalized spacial score (nSPS) is 20.3. The molecule has 1 unspecified atom stereocenters. The fourth-order valence-corrected chi connectivity index (χ4v) is 3.73. The fourth-order valence-electron chi connectivity index (χ4n) is 2.19. The van der Waals surface area contributed by atoms with Gasteiger partial charge in [-0.1, -0.05) is 17.7 Å². The molecule has 0 radical (unpaired) electrons. The van der Waals surface area contributed by atoms with E-state index >= 15 is 0 Å². The van der Waals surface area contributed by atoms with Crippen molar-refractivity contribution >= 4 is 27.1 Å². The zero-order chi connectivity index (χ0) is 14.0. The molecule has 0 amide bonds. The number of halogens is 1. The molecule has 19 heavy (non-hydrogen) atoms. The van der Waals surface area contributed by atoms with Gasteiger partial charge in [-0.2, -0.15) is 0 Å². The predicted octanol–water partition coefficient (Wildman–Crippen LogP) is 1.86. The van der Waals surface area contributed by atoms with Crippen LogP contribution in [0.4, 0.5) is 5.69 Å². The molecule has 1 aliphatic rings. The van der Waals surface area contributed by atoms with Gasteiger partial charge in [0.25, 0.3) is 0 Å². The van der Waals surface area contributed by atoms with Gasteiger partial charge < -0.3 is 10.2 Å². The maximum atomic E-state index is 11.4. The molecule has 0 aromatic heterocycles. The van der Waals surface area contributed by atoms with Gasteiger partial charge in [0.2, 0.25) is 0 Å². The average Bonchev–Trinajstić information content (AvgIpc) is 2.37. The standard InChI is InChI=1S/C13H19ClN2O2S/c1-10(15-2)12-4-3-11(9-13(12)14)16-5-7-19(17,18)8-6-16/h3-4,9-10,15H,5-8H2,1-2H3. The number of hydrogen-bond acceptors (Lipinski definition) is 4. The summed E-state index contributed by atoms with van der Waals surface area (Å²) in [5, 5.41) is 3.87. The van der Waals surface area contributed by atoms with Gasteiger partial charge in [0.05, 0.1) is 11.5 Å². The Morgan fingerprint density at radius 2 is 1.95 bits per heavy atom. The molecular weight excluding hydrogens is 284 g/mol. The van der Waals surface area contributed by atoms with Crippen LogP contribution >= 0.6 is 11.6 Å². The molecule has 1 aromatic rings. The van der Waals surface area contributed by atoms with E-state index in [4.69, 9.17) is 11.6 Å². The van der Waals surface area contributed by atoms with E-state index in [1.54, 1.807) is 0 Å². The van der Waals surface area contributed by atoms with Crippen molar-refractivity contribution in [1.82, 2.24) is 5.32 Å². The summed E-state index contributed by atoms with van der Waals surface area (Å²) in [6.07, 6.45) is 0. The Labute approximate surface area is 119 Å². The predicted molar refractivity (Wildman–Crippen MR) is 79.8 cm³/mol. The number of benzene rings is 1. The Morgan fingerprint density at radius 1 is 1.32 bits per heavy atom. The topological polar surface area (TPSA) is 49.4 Å². The van der Waals surface area contributed by atoms with Crippen molar-refractivity contribution in [3.05, 3.63) is 28.8 Å². The third-order valence-electron chi connectivity index (χ3n) is 3.59. The van der Waals surface area contributed by atoms with Crippen LogP contribution in [0.3, 0.4) is 0 Å². The SMILES string of the molecule is CNC(C)c1ccc(N2CCS(=O)(=O)CC2)cc1Cl. The molecule has 0 aliphatic carbocycles. The number of rotatable bonds is 3. The van der Waals surface area contributed by atoms with Crippen LogP contribution in [0.15, 0.2) is 18.2 Å². The lowest BCUT2D eigenvalue weighted by Gasteiger charge is -2.29. The van der Waals surface area contributed by atoms with Crippen molar-refractivity contribution in [2.24, 2.45) is 0 Å². The second-order valence-corrected chi connectivity index (χ2v) is 7.57. The van der Waals surface area contributed by atoms with Crippen molar-refractivity contribution in [3.8, 4) is 0 Å². The molecule has 0 bridgehead atoms.